The fraction of sp³-hybridized carbons (Fsp3) is 0.296. The molecule has 2 aromatic heterocycles. The Balaban J connectivity index is 1.59. The van der Waals surface area contributed by atoms with Crippen molar-refractivity contribution in [3.05, 3.63) is 48.0 Å². The van der Waals surface area contributed by atoms with Crippen molar-refractivity contribution < 1.29 is 27.4 Å². The Morgan fingerprint density at radius 3 is 2.33 bits per heavy atom. The first-order valence-corrected chi connectivity index (χ1v) is 14.9. The smallest absolute Gasteiger partial charge is 0.257 e. The molecule has 3 heterocycles. The maximum Gasteiger partial charge on any atom is 0.257 e. The number of sulfonamides is 1. The van der Waals surface area contributed by atoms with Crippen LogP contribution < -0.4 is 29.6 Å². The summed E-state index contributed by atoms with van der Waals surface area (Å²) in [6, 6.07) is 11.3. The summed E-state index contributed by atoms with van der Waals surface area (Å²) < 4.78 is 40.4. The van der Waals surface area contributed by atoms with Gasteiger partial charge in [-0.2, -0.15) is 4.98 Å². The van der Waals surface area contributed by atoms with Gasteiger partial charge in [-0.05, 0) is 55.7 Å². The van der Waals surface area contributed by atoms with Gasteiger partial charge < -0.3 is 24.4 Å². The van der Waals surface area contributed by atoms with Crippen LogP contribution in [0.25, 0.3) is 21.6 Å². The molecule has 210 valence electrons. The number of aromatic nitrogens is 2. The number of primary sulfonamides is 1. The number of piperidine rings is 1. The molecule has 13 heteroatoms. The number of thiazole rings is 1. The van der Waals surface area contributed by atoms with Gasteiger partial charge in [0.25, 0.3) is 5.91 Å². The molecule has 2 aromatic carbocycles. The second kappa shape index (κ2) is 11.3. The van der Waals surface area contributed by atoms with Crippen LogP contribution in [0, 0.1) is 0 Å². The van der Waals surface area contributed by atoms with Crippen LogP contribution in [0.3, 0.4) is 0 Å². The maximum absolute atomic E-state index is 13.7. The van der Waals surface area contributed by atoms with Gasteiger partial charge in [0.05, 0.1) is 37.3 Å². The lowest BCUT2D eigenvalue weighted by Crippen LogP contribution is -2.29. The van der Waals surface area contributed by atoms with E-state index in [0.29, 0.717) is 38.8 Å². The van der Waals surface area contributed by atoms with Crippen molar-refractivity contribution in [2.75, 3.05) is 44.6 Å². The topological polar surface area (TPSA) is 146 Å². The number of ether oxygens (including phenoxy) is 3. The first kappa shape index (κ1) is 27.6. The molecule has 1 aliphatic rings. The molecule has 11 nitrogen and oxygen atoms in total. The number of anilines is 2. The summed E-state index contributed by atoms with van der Waals surface area (Å²) >= 11 is 1.43. The molecule has 1 saturated heterocycles. The molecular formula is C27H29N5O6S2. The van der Waals surface area contributed by atoms with Crippen LogP contribution in [-0.4, -0.2) is 58.7 Å². The fourth-order valence-electron chi connectivity index (χ4n) is 4.61. The van der Waals surface area contributed by atoms with E-state index in [-0.39, 0.29) is 10.6 Å². The molecule has 0 spiro atoms. The summed E-state index contributed by atoms with van der Waals surface area (Å²) in [6.45, 7) is 1.81. The predicted molar refractivity (Wildman–Crippen MR) is 154 cm³/mol. The molecule has 0 bridgehead atoms. The number of pyridine rings is 1. The number of hydrogen-bond acceptors (Lipinski definition) is 10. The molecule has 3 N–H and O–H groups in total. The van der Waals surface area contributed by atoms with Gasteiger partial charge >= 0.3 is 0 Å². The van der Waals surface area contributed by atoms with Crippen molar-refractivity contribution in [2.24, 2.45) is 5.14 Å². The molecule has 1 fully saturated rings. The summed E-state index contributed by atoms with van der Waals surface area (Å²) in [5.74, 6) is 0.718. The van der Waals surface area contributed by atoms with Crippen molar-refractivity contribution >= 4 is 48.4 Å². The van der Waals surface area contributed by atoms with Crippen LogP contribution in [0.4, 0.5) is 10.8 Å². The minimum atomic E-state index is -4.00. The lowest BCUT2D eigenvalue weighted by molar-refractivity contribution is 0.102. The van der Waals surface area contributed by atoms with E-state index in [9.17, 15) is 13.2 Å². The highest BCUT2D eigenvalue weighted by molar-refractivity contribution is 7.89. The standard InChI is InChI=1S/C27H29N5O6S2/c1-36-20-9-7-16(13-21(20)37-2)19-15-18(24-25(30-19)31-27(39-24)32-11-5-4-6-12-32)26(33)29-17-8-10-23(40(28,34)35)22(14-17)38-3/h7-10,13-15H,4-6,11-12H2,1-3H3,(H,29,33)(H2,28,34,35). The quantitative estimate of drug-likeness (QED) is 0.310. The van der Waals surface area contributed by atoms with Gasteiger partial charge in [0, 0.05) is 30.4 Å². The van der Waals surface area contributed by atoms with Gasteiger partial charge in [0.1, 0.15) is 10.6 Å². The van der Waals surface area contributed by atoms with Crippen molar-refractivity contribution in [3.8, 4) is 28.5 Å². The van der Waals surface area contributed by atoms with Crippen LogP contribution in [0.5, 0.6) is 17.2 Å². The van der Waals surface area contributed by atoms with Gasteiger partial charge in [-0.25, -0.2) is 18.5 Å². The Morgan fingerprint density at radius 2 is 1.65 bits per heavy atom. The summed E-state index contributed by atoms with van der Waals surface area (Å²) in [6.07, 6.45) is 3.36. The van der Waals surface area contributed by atoms with Gasteiger partial charge in [0.15, 0.2) is 22.3 Å². The largest absolute Gasteiger partial charge is 0.495 e. The minimum absolute atomic E-state index is 0.0244. The summed E-state index contributed by atoms with van der Waals surface area (Å²) in [5.41, 5.74) is 2.44. The Bertz CT molecular complexity index is 1680. The number of hydrogen-bond donors (Lipinski definition) is 2. The van der Waals surface area contributed by atoms with Gasteiger partial charge in [-0.15, -0.1) is 0 Å². The van der Waals surface area contributed by atoms with E-state index in [2.05, 4.69) is 10.2 Å². The van der Waals surface area contributed by atoms with Crippen LogP contribution in [0.2, 0.25) is 0 Å². The monoisotopic (exact) mass is 583 g/mol. The normalized spacial score (nSPS) is 13.8. The van der Waals surface area contributed by atoms with Crippen LogP contribution in [-0.2, 0) is 10.0 Å². The third-order valence-corrected chi connectivity index (χ3v) is 8.72. The van der Waals surface area contributed by atoms with E-state index in [4.69, 9.17) is 29.3 Å². The van der Waals surface area contributed by atoms with E-state index >= 15 is 0 Å². The second-order valence-electron chi connectivity index (χ2n) is 9.19. The zero-order valence-electron chi connectivity index (χ0n) is 22.3. The zero-order chi connectivity index (χ0) is 28.4. The molecular weight excluding hydrogens is 554 g/mol. The fourth-order valence-corrected chi connectivity index (χ4v) is 6.36. The van der Waals surface area contributed by atoms with Crippen molar-refractivity contribution in [1.82, 2.24) is 9.97 Å². The number of amides is 1. The molecule has 1 aliphatic heterocycles. The number of benzene rings is 2. The molecule has 5 rings (SSSR count). The number of nitrogens with one attached hydrogen (secondary N) is 1. The summed E-state index contributed by atoms with van der Waals surface area (Å²) in [4.78, 5) is 25.4. The average Bonchev–Trinajstić information content (AvgIpc) is 3.40. The Kier molecular flexibility index (Phi) is 7.79. The predicted octanol–water partition coefficient (Wildman–Crippen LogP) is 4.27. The third-order valence-electron chi connectivity index (χ3n) is 6.63. The van der Waals surface area contributed by atoms with E-state index in [1.165, 1.54) is 43.1 Å². The van der Waals surface area contributed by atoms with Gasteiger partial charge in [0.2, 0.25) is 10.0 Å². The molecule has 0 saturated carbocycles. The van der Waals surface area contributed by atoms with Crippen molar-refractivity contribution in [2.45, 2.75) is 24.2 Å². The molecule has 0 atom stereocenters. The molecule has 4 aromatic rings. The van der Waals surface area contributed by atoms with Gasteiger partial charge in [-0.1, -0.05) is 11.3 Å². The van der Waals surface area contributed by atoms with E-state index < -0.39 is 15.9 Å². The average molecular weight is 584 g/mol. The van der Waals surface area contributed by atoms with Crippen LogP contribution in [0.15, 0.2) is 47.4 Å². The molecule has 1 amide bonds. The van der Waals surface area contributed by atoms with Crippen molar-refractivity contribution in [3.63, 3.8) is 0 Å². The third kappa shape index (κ3) is 5.53. The van der Waals surface area contributed by atoms with Crippen LogP contribution in [0.1, 0.15) is 29.6 Å². The highest BCUT2D eigenvalue weighted by Crippen LogP contribution is 2.37. The van der Waals surface area contributed by atoms with Crippen LogP contribution >= 0.6 is 11.3 Å². The number of carbonyl (C=O) groups is 1. The Labute approximate surface area is 235 Å². The molecule has 0 unspecified atom stereocenters. The van der Waals surface area contributed by atoms with Crippen molar-refractivity contribution in [1.29, 1.82) is 0 Å². The first-order chi connectivity index (χ1) is 19.2. The lowest BCUT2D eigenvalue weighted by Gasteiger charge is -2.25. The number of methoxy groups -OCH3 is 3. The second-order valence-corrected chi connectivity index (χ2v) is 11.7. The summed E-state index contributed by atoms with van der Waals surface area (Å²) in [7, 11) is 0.442. The van der Waals surface area contributed by atoms with Gasteiger partial charge in [-0.3, -0.25) is 4.79 Å². The first-order valence-electron chi connectivity index (χ1n) is 12.5. The SMILES string of the molecule is COc1ccc(-c2cc(C(=O)Nc3ccc(S(N)(=O)=O)c(OC)c3)c3sc(N4CCCCC4)nc3n2)cc1OC. The number of carbonyl (C=O) groups excluding carboxylic acids is 1. The maximum atomic E-state index is 13.7. The number of nitrogens with zero attached hydrogens (tertiary/aromatic N) is 3. The highest BCUT2D eigenvalue weighted by atomic mass is 32.2. The number of nitrogens with two attached hydrogens (primary N) is 1. The number of fused-ring (bicyclic) bond motifs is 1. The zero-order valence-corrected chi connectivity index (χ0v) is 23.9. The highest BCUT2D eigenvalue weighted by Gasteiger charge is 2.23. The Hall–Kier alpha value is -3.94. The number of rotatable bonds is 8. The van der Waals surface area contributed by atoms with E-state index in [1.807, 2.05) is 6.07 Å². The molecule has 40 heavy (non-hydrogen) atoms. The molecule has 0 aliphatic carbocycles. The molecule has 0 radical (unpaired) electrons. The lowest BCUT2D eigenvalue weighted by atomic mass is 10.1. The Morgan fingerprint density at radius 1 is 0.925 bits per heavy atom. The minimum Gasteiger partial charge on any atom is -0.495 e. The summed E-state index contributed by atoms with van der Waals surface area (Å²) in [5, 5.41) is 8.95. The van der Waals surface area contributed by atoms with E-state index in [0.717, 1.165) is 36.6 Å². The van der Waals surface area contributed by atoms with E-state index in [1.54, 1.807) is 32.4 Å².